The molecule has 0 aromatic heterocycles. The summed E-state index contributed by atoms with van der Waals surface area (Å²) >= 11 is 0. The molecule has 0 spiro atoms. The van der Waals surface area contributed by atoms with Crippen molar-refractivity contribution in [2.45, 2.75) is 96.1 Å². The van der Waals surface area contributed by atoms with Crippen molar-refractivity contribution in [1.29, 1.82) is 0 Å². The zero-order chi connectivity index (χ0) is 15.3. The third-order valence-corrected chi connectivity index (χ3v) is 6.51. The predicted octanol–water partition coefficient (Wildman–Crippen LogP) is 5.32. The largest absolute Gasteiger partial charge is 0.229 e. The molecule has 1 radical (unpaired) electrons. The third-order valence-electron chi connectivity index (χ3n) is 4.07. The van der Waals surface area contributed by atoms with Gasteiger partial charge in [-0.05, 0) is 19.3 Å². The molecule has 1 atom stereocenters. The van der Waals surface area contributed by atoms with Crippen molar-refractivity contribution >= 4 is 9.84 Å². The van der Waals surface area contributed by atoms with Crippen LogP contribution in [0.4, 0.5) is 0 Å². The summed E-state index contributed by atoms with van der Waals surface area (Å²) in [6.45, 7) is 7.92. The number of hydrogen-bond acceptors (Lipinski definition) is 2. The van der Waals surface area contributed by atoms with Gasteiger partial charge in [-0.1, -0.05) is 78.6 Å². The van der Waals surface area contributed by atoms with E-state index in [1.165, 1.54) is 51.4 Å². The summed E-state index contributed by atoms with van der Waals surface area (Å²) in [6.07, 6.45) is 13.6. The highest BCUT2D eigenvalue weighted by molar-refractivity contribution is 7.92. The molecular formula is C17H35O2S. The first-order valence-electron chi connectivity index (χ1n) is 8.59. The van der Waals surface area contributed by atoms with Crippen molar-refractivity contribution < 1.29 is 8.42 Å². The maximum atomic E-state index is 12.0. The maximum absolute atomic E-state index is 12.0. The zero-order valence-corrected chi connectivity index (χ0v) is 14.5. The average Bonchev–Trinajstić information content (AvgIpc) is 2.42. The number of unbranched alkanes of at least 4 members (excludes halogenated alkanes) is 9. The molecule has 0 N–H and O–H groups in total. The van der Waals surface area contributed by atoms with Crippen molar-refractivity contribution in [3.05, 3.63) is 6.92 Å². The Labute approximate surface area is 127 Å². The van der Waals surface area contributed by atoms with E-state index in [1.54, 1.807) is 0 Å². The Kier molecular flexibility index (Phi) is 12.6. The van der Waals surface area contributed by atoms with E-state index in [0.29, 0.717) is 18.6 Å². The van der Waals surface area contributed by atoms with E-state index < -0.39 is 9.84 Å². The van der Waals surface area contributed by atoms with Crippen molar-refractivity contribution in [3.8, 4) is 0 Å². The van der Waals surface area contributed by atoms with Gasteiger partial charge in [0.2, 0.25) is 0 Å². The molecule has 1 unspecified atom stereocenters. The highest BCUT2D eigenvalue weighted by Crippen LogP contribution is 2.15. The molecule has 0 saturated carbocycles. The highest BCUT2D eigenvalue weighted by Gasteiger charge is 2.20. The highest BCUT2D eigenvalue weighted by atomic mass is 32.2. The standard InChI is InChI=1S/C17H35O2S/c1-4-7-8-9-10-11-12-13-14-15-16-20(18,19)17(5-2)6-3/h17H,2,4-16H2,1,3H3. The minimum absolute atomic E-state index is 0.221. The summed E-state index contributed by atoms with van der Waals surface area (Å²) in [5.74, 6) is 0.359. The van der Waals surface area contributed by atoms with Gasteiger partial charge in [0.1, 0.15) is 0 Å². The van der Waals surface area contributed by atoms with Crippen LogP contribution in [-0.2, 0) is 9.84 Å². The van der Waals surface area contributed by atoms with Crippen LogP contribution in [0.15, 0.2) is 0 Å². The summed E-state index contributed by atoms with van der Waals surface area (Å²) in [4.78, 5) is 0. The van der Waals surface area contributed by atoms with Gasteiger partial charge in [-0.3, -0.25) is 0 Å². The Morgan fingerprint density at radius 1 is 0.800 bits per heavy atom. The summed E-state index contributed by atoms with van der Waals surface area (Å²) in [7, 11) is -2.89. The predicted molar refractivity (Wildman–Crippen MR) is 89.7 cm³/mol. The van der Waals surface area contributed by atoms with E-state index in [4.69, 9.17) is 0 Å². The quantitative estimate of drug-likeness (QED) is 0.407. The van der Waals surface area contributed by atoms with Crippen LogP contribution >= 0.6 is 0 Å². The fourth-order valence-corrected chi connectivity index (χ4v) is 4.40. The molecule has 0 fully saturated rings. The average molecular weight is 304 g/mol. The van der Waals surface area contributed by atoms with Gasteiger partial charge in [-0.15, -0.1) is 0 Å². The van der Waals surface area contributed by atoms with Gasteiger partial charge in [0.15, 0.2) is 9.84 Å². The Morgan fingerprint density at radius 2 is 1.25 bits per heavy atom. The minimum Gasteiger partial charge on any atom is -0.229 e. The van der Waals surface area contributed by atoms with Crippen LogP contribution in [0, 0.1) is 6.92 Å². The molecular weight excluding hydrogens is 268 g/mol. The number of rotatable bonds is 14. The van der Waals surface area contributed by atoms with E-state index in [2.05, 4.69) is 13.8 Å². The molecule has 0 amide bonds. The Bertz CT molecular complexity index is 292. The second kappa shape index (κ2) is 12.7. The second-order valence-electron chi connectivity index (χ2n) is 5.87. The van der Waals surface area contributed by atoms with Crippen molar-refractivity contribution in [1.82, 2.24) is 0 Å². The second-order valence-corrected chi connectivity index (χ2v) is 8.27. The van der Waals surface area contributed by atoms with E-state index >= 15 is 0 Å². The smallest absolute Gasteiger partial charge is 0.153 e. The van der Waals surface area contributed by atoms with Crippen LogP contribution in [0.25, 0.3) is 0 Å². The number of hydrogen-bond donors (Lipinski definition) is 0. The van der Waals surface area contributed by atoms with Gasteiger partial charge in [-0.25, -0.2) is 8.42 Å². The SMILES string of the molecule is [CH2]CC(CC)S(=O)(=O)CCCCCCCCCCCC. The molecule has 3 heteroatoms. The van der Waals surface area contributed by atoms with Crippen LogP contribution < -0.4 is 0 Å². The third kappa shape index (κ3) is 9.79. The fourth-order valence-electron chi connectivity index (χ4n) is 2.59. The number of sulfone groups is 1. The molecule has 2 nitrogen and oxygen atoms in total. The molecule has 121 valence electrons. The molecule has 0 aromatic rings. The molecule has 0 heterocycles. The Balaban J connectivity index is 3.48. The van der Waals surface area contributed by atoms with Crippen molar-refractivity contribution in [2.75, 3.05) is 5.75 Å². The first kappa shape index (κ1) is 19.9. The molecule has 0 aliphatic rings. The normalized spacial score (nSPS) is 12.2. The molecule has 0 saturated heterocycles. The zero-order valence-electron chi connectivity index (χ0n) is 13.7. The lowest BCUT2D eigenvalue weighted by atomic mass is 10.1. The van der Waals surface area contributed by atoms with Gasteiger partial charge in [0.25, 0.3) is 0 Å². The topological polar surface area (TPSA) is 34.1 Å². The molecule has 0 rings (SSSR count). The lowest BCUT2D eigenvalue weighted by molar-refractivity contribution is 0.552. The van der Waals surface area contributed by atoms with Gasteiger partial charge in [-0.2, -0.15) is 0 Å². The maximum Gasteiger partial charge on any atom is 0.153 e. The van der Waals surface area contributed by atoms with E-state index in [0.717, 1.165) is 12.8 Å². The van der Waals surface area contributed by atoms with E-state index in [1.807, 2.05) is 6.92 Å². The molecule has 0 aliphatic heterocycles. The lowest BCUT2D eigenvalue weighted by Gasteiger charge is -2.13. The van der Waals surface area contributed by atoms with E-state index in [9.17, 15) is 8.42 Å². The van der Waals surface area contributed by atoms with Gasteiger partial charge in [0.05, 0.1) is 11.0 Å². The summed E-state index contributed by atoms with van der Waals surface area (Å²) in [6, 6.07) is 0. The summed E-state index contributed by atoms with van der Waals surface area (Å²) in [5, 5.41) is -0.221. The van der Waals surface area contributed by atoms with E-state index in [-0.39, 0.29) is 5.25 Å². The lowest BCUT2D eigenvalue weighted by Crippen LogP contribution is -2.22. The summed E-state index contributed by atoms with van der Waals surface area (Å²) in [5.41, 5.74) is 0. The monoisotopic (exact) mass is 303 g/mol. The molecule has 0 aliphatic carbocycles. The van der Waals surface area contributed by atoms with Crippen LogP contribution in [0.3, 0.4) is 0 Å². The van der Waals surface area contributed by atoms with Crippen molar-refractivity contribution in [3.63, 3.8) is 0 Å². The van der Waals surface area contributed by atoms with Gasteiger partial charge < -0.3 is 0 Å². The summed E-state index contributed by atoms with van der Waals surface area (Å²) < 4.78 is 24.0. The van der Waals surface area contributed by atoms with Crippen molar-refractivity contribution in [2.24, 2.45) is 0 Å². The first-order chi connectivity index (χ1) is 9.58. The molecule has 0 aromatic carbocycles. The van der Waals surface area contributed by atoms with Crippen LogP contribution in [-0.4, -0.2) is 19.4 Å². The van der Waals surface area contributed by atoms with Crippen LogP contribution in [0.5, 0.6) is 0 Å². The Morgan fingerprint density at radius 3 is 1.65 bits per heavy atom. The fraction of sp³-hybridized carbons (Fsp3) is 0.941. The Hall–Kier alpha value is -0.0500. The minimum atomic E-state index is -2.89. The molecule has 0 bridgehead atoms. The van der Waals surface area contributed by atoms with Gasteiger partial charge in [0, 0.05) is 0 Å². The molecule has 20 heavy (non-hydrogen) atoms. The van der Waals surface area contributed by atoms with Gasteiger partial charge >= 0.3 is 0 Å². The van der Waals surface area contributed by atoms with Crippen LogP contribution in [0.2, 0.25) is 0 Å². The van der Waals surface area contributed by atoms with Crippen LogP contribution in [0.1, 0.15) is 90.9 Å². The first-order valence-corrected chi connectivity index (χ1v) is 10.3.